The fourth-order valence-corrected chi connectivity index (χ4v) is 4.84. The number of nitrogens with zero attached hydrogens (tertiary/aromatic N) is 1. The van der Waals surface area contributed by atoms with Gasteiger partial charge in [0.25, 0.3) is 0 Å². The van der Waals surface area contributed by atoms with Crippen LogP contribution in [0.5, 0.6) is 0 Å². The molecule has 1 aromatic carbocycles. The minimum absolute atomic E-state index is 0.371. The van der Waals surface area contributed by atoms with Crippen LogP contribution in [0.4, 0.5) is 0 Å². The normalized spacial score (nSPS) is 24.8. The molecular weight excluding hydrogens is 278 g/mol. The Labute approximate surface area is 131 Å². The van der Waals surface area contributed by atoms with E-state index >= 15 is 0 Å². The van der Waals surface area contributed by atoms with Gasteiger partial charge in [-0.15, -0.1) is 0 Å². The number of H-pyrrole nitrogens is 1. The van der Waals surface area contributed by atoms with Crippen molar-refractivity contribution in [3.8, 4) is 0 Å². The molecule has 3 rings (SSSR count). The summed E-state index contributed by atoms with van der Waals surface area (Å²) in [6, 6.07) is 6.96. The van der Waals surface area contributed by atoms with Crippen molar-refractivity contribution < 1.29 is 0 Å². The first-order chi connectivity index (χ1) is 9.99. The Morgan fingerprint density at radius 2 is 2.24 bits per heavy atom. The van der Waals surface area contributed by atoms with Gasteiger partial charge in [-0.05, 0) is 49.4 Å². The zero-order chi connectivity index (χ0) is 15.0. The molecule has 2 unspecified atom stereocenters. The summed E-state index contributed by atoms with van der Waals surface area (Å²) >= 11 is 1.90. The van der Waals surface area contributed by atoms with E-state index in [0.29, 0.717) is 16.7 Å². The summed E-state index contributed by atoms with van der Waals surface area (Å²) < 4.78 is 0. The summed E-state index contributed by atoms with van der Waals surface area (Å²) in [5.41, 5.74) is 3.86. The molecule has 0 saturated heterocycles. The SMILES string of the molecule is CCNC1C(Sc2nc3ccc(C)cc3[nH]2)CCC1(C)C. The first-order valence-corrected chi connectivity index (χ1v) is 8.74. The van der Waals surface area contributed by atoms with Crippen molar-refractivity contribution in [2.45, 2.75) is 57.0 Å². The van der Waals surface area contributed by atoms with Gasteiger partial charge in [0.15, 0.2) is 5.16 Å². The summed E-state index contributed by atoms with van der Waals surface area (Å²) in [5, 5.41) is 5.34. The highest BCUT2D eigenvalue weighted by atomic mass is 32.2. The molecule has 0 aliphatic heterocycles. The first kappa shape index (κ1) is 14.9. The monoisotopic (exact) mass is 303 g/mol. The van der Waals surface area contributed by atoms with Gasteiger partial charge in [-0.3, -0.25) is 0 Å². The van der Waals surface area contributed by atoms with Crippen LogP contribution in [0.2, 0.25) is 0 Å². The predicted octanol–water partition coefficient (Wildman–Crippen LogP) is 4.13. The standard InChI is InChI=1S/C17H25N3S/c1-5-18-15-14(8-9-17(15,3)4)21-16-19-12-7-6-11(2)10-13(12)20-16/h6-7,10,14-15,18H,5,8-9H2,1-4H3,(H,19,20). The van der Waals surface area contributed by atoms with Crippen LogP contribution < -0.4 is 5.32 Å². The molecule has 0 amide bonds. The molecule has 114 valence electrons. The van der Waals surface area contributed by atoms with Crippen molar-refractivity contribution in [2.75, 3.05) is 6.54 Å². The van der Waals surface area contributed by atoms with Crippen molar-refractivity contribution in [1.29, 1.82) is 0 Å². The van der Waals surface area contributed by atoms with Gasteiger partial charge in [-0.2, -0.15) is 0 Å². The maximum Gasteiger partial charge on any atom is 0.166 e. The number of aromatic amines is 1. The third-order valence-corrected chi connectivity index (χ3v) is 5.82. The maximum absolute atomic E-state index is 4.74. The van der Waals surface area contributed by atoms with Gasteiger partial charge in [0, 0.05) is 11.3 Å². The molecule has 1 aromatic heterocycles. The van der Waals surface area contributed by atoms with Crippen LogP contribution in [0, 0.1) is 12.3 Å². The molecule has 21 heavy (non-hydrogen) atoms. The van der Waals surface area contributed by atoms with Crippen LogP contribution in [-0.2, 0) is 0 Å². The third kappa shape index (κ3) is 2.97. The molecule has 1 heterocycles. The smallest absolute Gasteiger partial charge is 0.166 e. The molecule has 2 atom stereocenters. The summed E-state index contributed by atoms with van der Waals surface area (Å²) in [7, 11) is 0. The molecule has 1 saturated carbocycles. The molecular formula is C17H25N3S. The number of rotatable bonds is 4. The Kier molecular flexibility index (Phi) is 4.02. The van der Waals surface area contributed by atoms with Crippen molar-refractivity contribution in [1.82, 2.24) is 15.3 Å². The number of aromatic nitrogens is 2. The van der Waals surface area contributed by atoms with E-state index in [2.05, 4.69) is 56.2 Å². The molecule has 0 bridgehead atoms. The van der Waals surface area contributed by atoms with E-state index < -0.39 is 0 Å². The van der Waals surface area contributed by atoms with Crippen molar-refractivity contribution >= 4 is 22.8 Å². The van der Waals surface area contributed by atoms with Gasteiger partial charge in [-0.1, -0.05) is 38.6 Å². The van der Waals surface area contributed by atoms with E-state index in [1.165, 1.54) is 18.4 Å². The van der Waals surface area contributed by atoms with E-state index in [-0.39, 0.29) is 0 Å². The topological polar surface area (TPSA) is 40.7 Å². The van der Waals surface area contributed by atoms with Crippen molar-refractivity contribution in [3.05, 3.63) is 23.8 Å². The largest absolute Gasteiger partial charge is 0.333 e. The molecule has 3 nitrogen and oxygen atoms in total. The Bertz CT molecular complexity index is 632. The van der Waals surface area contributed by atoms with Crippen LogP contribution >= 0.6 is 11.8 Å². The van der Waals surface area contributed by atoms with Gasteiger partial charge in [-0.25, -0.2) is 4.98 Å². The molecule has 2 aromatic rings. The maximum atomic E-state index is 4.74. The van der Waals surface area contributed by atoms with E-state index in [9.17, 15) is 0 Å². The molecule has 0 spiro atoms. The minimum atomic E-state index is 0.371. The lowest BCUT2D eigenvalue weighted by atomic mass is 9.87. The second kappa shape index (κ2) is 5.65. The van der Waals surface area contributed by atoms with Gasteiger partial charge in [0.2, 0.25) is 0 Å². The van der Waals surface area contributed by atoms with E-state index in [1.54, 1.807) is 0 Å². The van der Waals surface area contributed by atoms with Gasteiger partial charge >= 0.3 is 0 Å². The van der Waals surface area contributed by atoms with Crippen LogP contribution in [0.3, 0.4) is 0 Å². The molecule has 2 N–H and O–H groups in total. The van der Waals surface area contributed by atoms with Gasteiger partial charge in [0.1, 0.15) is 0 Å². The van der Waals surface area contributed by atoms with E-state index in [1.807, 2.05) is 11.8 Å². The molecule has 1 aliphatic rings. The highest BCUT2D eigenvalue weighted by Crippen LogP contribution is 2.44. The van der Waals surface area contributed by atoms with Crippen molar-refractivity contribution in [3.63, 3.8) is 0 Å². The lowest BCUT2D eigenvalue weighted by Gasteiger charge is -2.30. The third-order valence-electron chi connectivity index (χ3n) is 4.59. The Balaban J connectivity index is 1.81. The van der Waals surface area contributed by atoms with Crippen LogP contribution in [0.25, 0.3) is 11.0 Å². The fraction of sp³-hybridized carbons (Fsp3) is 0.588. The number of nitrogens with one attached hydrogen (secondary N) is 2. The average Bonchev–Trinajstić information content (AvgIpc) is 2.93. The number of imidazole rings is 1. The zero-order valence-electron chi connectivity index (χ0n) is 13.4. The number of thioether (sulfide) groups is 1. The number of fused-ring (bicyclic) bond motifs is 1. The number of hydrogen-bond donors (Lipinski definition) is 2. The summed E-state index contributed by atoms with van der Waals surface area (Å²) in [4.78, 5) is 8.22. The van der Waals surface area contributed by atoms with Crippen molar-refractivity contribution in [2.24, 2.45) is 5.41 Å². The van der Waals surface area contributed by atoms with Crippen LogP contribution in [0.1, 0.15) is 39.2 Å². The zero-order valence-corrected chi connectivity index (χ0v) is 14.2. The Hall–Kier alpha value is -1.00. The number of benzene rings is 1. The molecule has 4 heteroatoms. The Morgan fingerprint density at radius 1 is 1.43 bits per heavy atom. The predicted molar refractivity (Wildman–Crippen MR) is 91.0 cm³/mol. The van der Waals surface area contributed by atoms with E-state index in [4.69, 9.17) is 4.98 Å². The summed E-state index contributed by atoms with van der Waals surface area (Å²) in [6.45, 7) is 10.1. The minimum Gasteiger partial charge on any atom is -0.333 e. The highest BCUT2D eigenvalue weighted by molar-refractivity contribution is 7.99. The quantitative estimate of drug-likeness (QED) is 0.892. The second-order valence-corrected chi connectivity index (χ2v) is 8.01. The van der Waals surface area contributed by atoms with Gasteiger partial charge < -0.3 is 10.3 Å². The fourth-order valence-electron chi connectivity index (χ4n) is 3.39. The number of hydrogen-bond acceptors (Lipinski definition) is 3. The average molecular weight is 303 g/mol. The van der Waals surface area contributed by atoms with Crippen LogP contribution in [0.15, 0.2) is 23.4 Å². The number of aryl methyl sites for hydroxylation is 1. The second-order valence-electron chi connectivity index (χ2n) is 6.78. The lowest BCUT2D eigenvalue weighted by molar-refractivity contribution is 0.290. The van der Waals surface area contributed by atoms with Crippen LogP contribution in [-0.4, -0.2) is 27.8 Å². The molecule has 0 radical (unpaired) electrons. The molecule has 1 aliphatic carbocycles. The van der Waals surface area contributed by atoms with Gasteiger partial charge in [0.05, 0.1) is 11.0 Å². The summed E-state index contributed by atoms with van der Waals surface area (Å²) in [6.07, 6.45) is 2.53. The van der Waals surface area contributed by atoms with E-state index in [0.717, 1.165) is 22.7 Å². The lowest BCUT2D eigenvalue weighted by Crippen LogP contribution is -2.43. The first-order valence-electron chi connectivity index (χ1n) is 7.86. The highest BCUT2D eigenvalue weighted by Gasteiger charge is 2.42. The molecule has 1 fully saturated rings. The summed E-state index contributed by atoms with van der Waals surface area (Å²) in [5.74, 6) is 0. The Morgan fingerprint density at radius 3 is 3.00 bits per heavy atom.